The van der Waals surface area contributed by atoms with Gasteiger partial charge in [0.25, 0.3) is 0 Å². The molecule has 0 aliphatic carbocycles. The van der Waals surface area contributed by atoms with Crippen LogP contribution in [0.15, 0.2) is 79.0 Å². The average Bonchev–Trinajstić information content (AvgIpc) is 2.92. The van der Waals surface area contributed by atoms with E-state index in [2.05, 4.69) is 73.6 Å². The molecule has 5 nitrogen and oxygen atoms in total. The molecule has 0 bridgehead atoms. The average molecular weight is 705 g/mol. The Bertz CT molecular complexity index is 1800. The van der Waals surface area contributed by atoms with Gasteiger partial charge in [-0.1, -0.05) is 76.6 Å². The smallest absolute Gasteiger partial charge is 0.189 e. The molecule has 1 aliphatic heterocycles. The van der Waals surface area contributed by atoms with Crippen molar-refractivity contribution >= 4 is 33.8 Å². The normalized spacial score (nSPS) is 13.7. The standard InChI is InChI=1S/C34H29N4O.Pt/c1-33(2,3)24-15-17-30(39)32-23(24)12-16-27(37-32)21-10-13-25-28(19-21)38(31-9-7-8-18-36-31)29-20-22(35-6)11-14-26(29)34(25,4)5;/h7-18,20,39H,1-5H3;/q-1;. The number of hydrogen-bond acceptors (Lipinski definition) is 4. The van der Waals surface area contributed by atoms with Crippen molar-refractivity contribution in [3.63, 3.8) is 0 Å². The summed E-state index contributed by atoms with van der Waals surface area (Å²) in [6.07, 6.45) is 1.78. The number of fused-ring (bicyclic) bond motifs is 3. The van der Waals surface area contributed by atoms with E-state index >= 15 is 0 Å². The fourth-order valence-electron chi connectivity index (χ4n) is 5.61. The van der Waals surface area contributed by atoms with Gasteiger partial charge >= 0.3 is 0 Å². The molecule has 0 saturated heterocycles. The van der Waals surface area contributed by atoms with Gasteiger partial charge in [-0.2, -0.15) is 0 Å². The third-order valence-corrected chi connectivity index (χ3v) is 7.64. The number of hydrogen-bond donors (Lipinski definition) is 1. The summed E-state index contributed by atoms with van der Waals surface area (Å²) in [5, 5.41) is 11.7. The molecule has 1 N–H and O–H groups in total. The maximum Gasteiger partial charge on any atom is 0.189 e. The van der Waals surface area contributed by atoms with Crippen LogP contribution >= 0.6 is 0 Å². The van der Waals surface area contributed by atoms with Gasteiger partial charge in [-0.25, -0.2) is 9.83 Å². The van der Waals surface area contributed by atoms with Gasteiger partial charge < -0.3 is 10.0 Å². The van der Waals surface area contributed by atoms with Gasteiger partial charge in [0.2, 0.25) is 0 Å². The van der Waals surface area contributed by atoms with Crippen molar-refractivity contribution in [2.75, 3.05) is 4.90 Å². The second kappa shape index (κ2) is 9.88. The fraction of sp³-hybridized carbons (Fsp3) is 0.206. The Morgan fingerprint density at radius 1 is 0.950 bits per heavy atom. The van der Waals surface area contributed by atoms with E-state index in [0.717, 1.165) is 50.5 Å². The van der Waals surface area contributed by atoms with E-state index < -0.39 is 0 Å². The molecule has 6 rings (SSSR count). The quantitative estimate of drug-likeness (QED) is 0.187. The van der Waals surface area contributed by atoms with Crippen molar-refractivity contribution < 1.29 is 26.2 Å². The maximum absolute atomic E-state index is 10.7. The van der Waals surface area contributed by atoms with Crippen LogP contribution in [0.3, 0.4) is 0 Å². The molecule has 3 heterocycles. The molecule has 6 heteroatoms. The first-order valence-electron chi connectivity index (χ1n) is 13.0. The summed E-state index contributed by atoms with van der Waals surface area (Å²) < 4.78 is 0. The molecule has 5 aromatic rings. The predicted octanol–water partition coefficient (Wildman–Crippen LogP) is 8.76. The molecule has 202 valence electrons. The van der Waals surface area contributed by atoms with Gasteiger partial charge in [-0.05, 0) is 57.6 Å². The Morgan fingerprint density at radius 2 is 1.73 bits per heavy atom. The van der Waals surface area contributed by atoms with E-state index in [1.54, 1.807) is 12.3 Å². The number of pyridine rings is 2. The minimum Gasteiger partial charge on any atom is -0.506 e. The van der Waals surface area contributed by atoms with Crippen LogP contribution in [-0.4, -0.2) is 15.1 Å². The summed E-state index contributed by atoms with van der Waals surface area (Å²) in [5.41, 5.74) is 7.47. The zero-order valence-electron chi connectivity index (χ0n) is 23.1. The molecule has 0 unspecified atom stereocenters. The van der Waals surface area contributed by atoms with E-state index in [0.29, 0.717) is 11.2 Å². The predicted molar refractivity (Wildman–Crippen MR) is 157 cm³/mol. The molecule has 1 aliphatic rings. The Labute approximate surface area is 249 Å². The molecule has 0 atom stereocenters. The second-order valence-electron chi connectivity index (χ2n) is 11.6. The minimum atomic E-state index is -0.317. The van der Waals surface area contributed by atoms with Gasteiger partial charge in [-0.3, -0.25) is 4.98 Å². The summed E-state index contributed by atoms with van der Waals surface area (Å²) in [6.45, 7) is 18.5. The van der Waals surface area contributed by atoms with Crippen molar-refractivity contribution in [3.05, 3.63) is 113 Å². The Balaban J connectivity index is 0.00000323. The Kier molecular flexibility index (Phi) is 6.81. The number of phenols is 1. The summed E-state index contributed by atoms with van der Waals surface area (Å²) >= 11 is 0. The molecule has 0 spiro atoms. The van der Waals surface area contributed by atoms with Gasteiger partial charge in [0.05, 0.1) is 6.57 Å². The SMILES string of the molecule is [C-]#[N+]c1ccc2c(c1)N(c1ccccn1)c1[c-]c(-c3ccc4c(C(C)(C)C)ccc(O)c4n3)ccc1C2(C)C.[Pt]. The maximum atomic E-state index is 10.7. The fourth-order valence-corrected chi connectivity index (χ4v) is 5.61. The Morgan fingerprint density at radius 3 is 2.42 bits per heavy atom. The van der Waals surface area contributed by atoms with Crippen LogP contribution in [0.5, 0.6) is 5.75 Å². The largest absolute Gasteiger partial charge is 0.506 e. The van der Waals surface area contributed by atoms with E-state index in [4.69, 9.17) is 11.6 Å². The summed E-state index contributed by atoms with van der Waals surface area (Å²) in [5.74, 6) is 0.916. The van der Waals surface area contributed by atoms with Crippen LogP contribution in [0.1, 0.15) is 51.3 Å². The van der Waals surface area contributed by atoms with Crippen molar-refractivity contribution in [2.24, 2.45) is 0 Å². The summed E-state index contributed by atoms with van der Waals surface area (Å²) in [6, 6.07) is 27.3. The summed E-state index contributed by atoms with van der Waals surface area (Å²) in [7, 11) is 0. The molecule has 3 aromatic carbocycles. The molecular weight excluding hydrogens is 675 g/mol. The molecule has 2 aromatic heterocycles. The number of benzene rings is 3. The van der Waals surface area contributed by atoms with Crippen molar-refractivity contribution in [3.8, 4) is 17.0 Å². The number of phenolic OH excluding ortho intramolecular Hbond substituents is 1. The number of aromatic hydroxyl groups is 1. The first-order chi connectivity index (χ1) is 18.6. The molecule has 0 radical (unpaired) electrons. The zero-order valence-corrected chi connectivity index (χ0v) is 25.3. The third-order valence-electron chi connectivity index (χ3n) is 7.64. The van der Waals surface area contributed by atoms with Gasteiger partial charge in [0.1, 0.15) is 17.1 Å². The minimum absolute atomic E-state index is 0. The van der Waals surface area contributed by atoms with E-state index in [1.807, 2.05) is 48.5 Å². The van der Waals surface area contributed by atoms with Crippen LogP contribution < -0.4 is 4.90 Å². The van der Waals surface area contributed by atoms with Crippen LogP contribution in [0.4, 0.5) is 22.9 Å². The van der Waals surface area contributed by atoms with Gasteiger partial charge in [0, 0.05) is 38.3 Å². The number of anilines is 3. The molecule has 0 saturated carbocycles. The van der Waals surface area contributed by atoms with Crippen LogP contribution in [-0.2, 0) is 31.9 Å². The van der Waals surface area contributed by atoms with E-state index in [1.165, 1.54) is 0 Å². The first kappa shape index (κ1) is 27.6. The Hall–Kier alpha value is -4.00. The van der Waals surface area contributed by atoms with E-state index in [9.17, 15) is 5.11 Å². The van der Waals surface area contributed by atoms with Crippen molar-refractivity contribution in [1.82, 2.24) is 9.97 Å². The molecule has 40 heavy (non-hydrogen) atoms. The van der Waals surface area contributed by atoms with Crippen LogP contribution in [0.25, 0.3) is 27.0 Å². The third kappa shape index (κ3) is 4.37. The first-order valence-corrected chi connectivity index (χ1v) is 13.0. The summed E-state index contributed by atoms with van der Waals surface area (Å²) in [4.78, 5) is 15.4. The zero-order chi connectivity index (χ0) is 27.5. The molecular formula is C34H29N4OPt-. The van der Waals surface area contributed by atoms with Gasteiger partial charge in [0.15, 0.2) is 5.69 Å². The van der Waals surface area contributed by atoms with Crippen molar-refractivity contribution in [1.29, 1.82) is 0 Å². The number of aromatic nitrogens is 2. The molecule has 0 amide bonds. The van der Waals surface area contributed by atoms with Crippen molar-refractivity contribution in [2.45, 2.75) is 45.4 Å². The number of nitrogens with zero attached hydrogens (tertiary/aromatic N) is 4. The van der Waals surface area contributed by atoms with E-state index in [-0.39, 0.29) is 37.6 Å². The topological polar surface area (TPSA) is 53.6 Å². The van der Waals surface area contributed by atoms with Crippen LogP contribution in [0, 0.1) is 12.6 Å². The molecule has 0 fully saturated rings. The van der Waals surface area contributed by atoms with Crippen LogP contribution in [0.2, 0.25) is 0 Å². The number of rotatable bonds is 2. The van der Waals surface area contributed by atoms with Gasteiger partial charge in [-0.15, -0.1) is 23.8 Å². The monoisotopic (exact) mass is 704 g/mol. The second-order valence-corrected chi connectivity index (χ2v) is 11.6.